The maximum absolute atomic E-state index is 5.44. The molecule has 0 bridgehead atoms. The number of rotatable bonds is 3. The molecule has 2 rings (SSSR count). The van der Waals surface area contributed by atoms with Crippen LogP contribution in [0.25, 0.3) is 10.1 Å². The molecule has 1 nitrogen and oxygen atoms in total. The van der Waals surface area contributed by atoms with E-state index in [9.17, 15) is 0 Å². The highest BCUT2D eigenvalue weighted by Crippen LogP contribution is 2.23. The SMILES string of the molecule is NCCCCC#Cc1cccc2ccsc12. The molecule has 0 spiro atoms. The van der Waals surface area contributed by atoms with Crippen molar-refractivity contribution in [3.05, 3.63) is 35.2 Å². The molecule has 2 heteroatoms. The molecular weight excluding hydrogens is 214 g/mol. The molecule has 0 saturated heterocycles. The molecule has 0 atom stereocenters. The topological polar surface area (TPSA) is 26.0 Å². The summed E-state index contributed by atoms with van der Waals surface area (Å²) in [7, 11) is 0. The Labute approximate surface area is 100 Å². The van der Waals surface area contributed by atoms with Gasteiger partial charge < -0.3 is 5.73 Å². The van der Waals surface area contributed by atoms with Gasteiger partial charge in [-0.15, -0.1) is 11.3 Å². The molecule has 0 aliphatic rings. The molecular formula is C14H15NS. The van der Waals surface area contributed by atoms with Crippen LogP contribution in [0.1, 0.15) is 24.8 Å². The van der Waals surface area contributed by atoms with E-state index in [-0.39, 0.29) is 0 Å². The van der Waals surface area contributed by atoms with Crippen LogP contribution in [0.2, 0.25) is 0 Å². The van der Waals surface area contributed by atoms with E-state index in [1.54, 1.807) is 11.3 Å². The minimum absolute atomic E-state index is 0.766. The van der Waals surface area contributed by atoms with Crippen LogP contribution < -0.4 is 5.73 Å². The maximum Gasteiger partial charge on any atom is 0.0499 e. The first-order valence-corrected chi connectivity index (χ1v) is 6.45. The summed E-state index contributed by atoms with van der Waals surface area (Å²) in [5.41, 5.74) is 6.59. The Kier molecular flexibility index (Phi) is 3.98. The number of hydrogen-bond donors (Lipinski definition) is 1. The number of unbranched alkanes of at least 4 members (excludes halogenated alkanes) is 2. The summed E-state index contributed by atoms with van der Waals surface area (Å²) >= 11 is 1.76. The molecule has 2 N–H and O–H groups in total. The largest absolute Gasteiger partial charge is 0.330 e. The molecule has 0 aliphatic carbocycles. The number of hydrogen-bond acceptors (Lipinski definition) is 2. The number of fused-ring (bicyclic) bond motifs is 1. The van der Waals surface area contributed by atoms with E-state index in [4.69, 9.17) is 5.73 Å². The average molecular weight is 229 g/mol. The van der Waals surface area contributed by atoms with E-state index in [1.165, 1.54) is 10.1 Å². The minimum Gasteiger partial charge on any atom is -0.330 e. The van der Waals surface area contributed by atoms with Crippen LogP contribution in [0.15, 0.2) is 29.6 Å². The molecule has 0 aliphatic heterocycles. The van der Waals surface area contributed by atoms with Crippen molar-refractivity contribution in [2.75, 3.05) is 6.54 Å². The second-order valence-corrected chi connectivity index (χ2v) is 4.61. The number of benzene rings is 1. The number of nitrogens with two attached hydrogens (primary N) is 1. The van der Waals surface area contributed by atoms with Crippen molar-refractivity contribution >= 4 is 21.4 Å². The van der Waals surface area contributed by atoms with Crippen molar-refractivity contribution in [3.8, 4) is 11.8 Å². The van der Waals surface area contributed by atoms with E-state index in [2.05, 4.69) is 41.5 Å². The third kappa shape index (κ3) is 2.63. The van der Waals surface area contributed by atoms with Crippen LogP contribution in [-0.2, 0) is 0 Å². The molecule has 0 amide bonds. The second kappa shape index (κ2) is 5.69. The van der Waals surface area contributed by atoms with Gasteiger partial charge in [-0.1, -0.05) is 24.0 Å². The zero-order valence-electron chi connectivity index (χ0n) is 9.20. The second-order valence-electron chi connectivity index (χ2n) is 3.69. The van der Waals surface area contributed by atoms with Gasteiger partial charge in [0.25, 0.3) is 0 Å². The summed E-state index contributed by atoms with van der Waals surface area (Å²) in [5, 5.41) is 3.41. The summed E-state index contributed by atoms with van der Waals surface area (Å²) in [6, 6.07) is 8.43. The highest BCUT2D eigenvalue weighted by atomic mass is 32.1. The van der Waals surface area contributed by atoms with E-state index >= 15 is 0 Å². The molecule has 0 fully saturated rings. The first-order chi connectivity index (χ1) is 7.92. The highest BCUT2D eigenvalue weighted by molar-refractivity contribution is 7.17. The van der Waals surface area contributed by atoms with Crippen LogP contribution in [0.4, 0.5) is 0 Å². The van der Waals surface area contributed by atoms with Gasteiger partial charge in [-0.25, -0.2) is 0 Å². The van der Waals surface area contributed by atoms with Crippen molar-refractivity contribution in [3.63, 3.8) is 0 Å². The van der Waals surface area contributed by atoms with Gasteiger partial charge in [0.15, 0.2) is 0 Å². The predicted molar refractivity (Wildman–Crippen MR) is 71.6 cm³/mol. The predicted octanol–water partition coefficient (Wildman–Crippen LogP) is 3.38. The Bertz CT molecular complexity index is 516. The lowest BCUT2D eigenvalue weighted by Gasteiger charge is -1.93. The molecule has 2 aromatic rings. The van der Waals surface area contributed by atoms with Gasteiger partial charge in [0.1, 0.15) is 0 Å². The summed E-state index contributed by atoms with van der Waals surface area (Å²) in [4.78, 5) is 0. The van der Waals surface area contributed by atoms with Gasteiger partial charge in [-0.05, 0) is 42.3 Å². The van der Waals surface area contributed by atoms with E-state index in [1.807, 2.05) is 0 Å². The fourth-order valence-corrected chi connectivity index (χ4v) is 2.48. The lowest BCUT2D eigenvalue weighted by atomic mass is 10.1. The fourth-order valence-electron chi connectivity index (χ4n) is 1.61. The van der Waals surface area contributed by atoms with Gasteiger partial charge in [0.05, 0.1) is 0 Å². The molecule has 1 aromatic heterocycles. The Morgan fingerprint density at radius 3 is 3.00 bits per heavy atom. The Hall–Kier alpha value is -1.30. The molecule has 1 heterocycles. The zero-order chi connectivity index (χ0) is 11.2. The van der Waals surface area contributed by atoms with Crippen LogP contribution in [0.5, 0.6) is 0 Å². The highest BCUT2D eigenvalue weighted by Gasteiger charge is 1.97. The summed E-state index contributed by atoms with van der Waals surface area (Å²) in [6.45, 7) is 0.766. The van der Waals surface area contributed by atoms with E-state index < -0.39 is 0 Å². The third-order valence-corrected chi connectivity index (χ3v) is 3.42. The van der Waals surface area contributed by atoms with Crippen LogP contribution >= 0.6 is 11.3 Å². The van der Waals surface area contributed by atoms with Gasteiger partial charge >= 0.3 is 0 Å². The minimum atomic E-state index is 0.766. The Balaban J connectivity index is 2.11. The lowest BCUT2D eigenvalue weighted by Crippen LogP contribution is -1.96. The van der Waals surface area contributed by atoms with Crippen molar-refractivity contribution in [1.82, 2.24) is 0 Å². The maximum atomic E-state index is 5.44. The van der Waals surface area contributed by atoms with Crippen molar-refractivity contribution in [1.29, 1.82) is 0 Å². The molecule has 1 aromatic carbocycles. The van der Waals surface area contributed by atoms with Gasteiger partial charge in [0, 0.05) is 16.7 Å². The van der Waals surface area contributed by atoms with Crippen molar-refractivity contribution < 1.29 is 0 Å². The van der Waals surface area contributed by atoms with E-state index in [0.29, 0.717) is 0 Å². The van der Waals surface area contributed by atoms with Crippen molar-refractivity contribution in [2.45, 2.75) is 19.3 Å². The van der Waals surface area contributed by atoms with Crippen LogP contribution in [0.3, 0.4) is 0 Å². The van der Waals surface area contributed by atoms with Crippen LogP contribution in [0, 0.1) is 11.8 Å². The standard InChI is InChI=1S/C14H15NS/c15-10-4-2-1-3-6-12-7-5-8-13-9-11-16-14(12)13/h5,7-9,11H,1-2,4,10,15H2. The van der Waals surface area contributed by atoms with Crippen LogP contribution in [-0.4, -0.2) is 6.54 Å². The zero-order valence-corrected chi connectivity index (χ0v) is 10.0. The first kappa shape index (κ1) is 11.2. The fraction of sp³-hybridized carbons (Fsp3) is 0.286. The summed E-state index contributed by atoms with van der Waals surface area (Å²) in [6.07, 6.45) is 3.11. The van der Waals surface area contributed by atoms with Gasteiger partial charge in [-0.2, -0.15) is 0 Å². The van der Waals surface area contributed by atoms with Crippen molar-refractivity contribution in [2.24, 2.45) is 5.73 Å². The van der Waals surface area contributed by atoms with Gasteiger partial charge in [0.2, 0.25) is 0 Å². The first-order valence-electron chi connectivity index (χ1n) is 5.57. The molecule has 0 saturated carbocycles. The Morgan fingerprint density at radius 1 is 1.19 bits per heavy atom. The normalized spacial score (nSPS) is 10.1. The lowest BCUT2D eigenvalue weighted by molar-refractivity contribution is 0.768. The smallest absolute Gasteiger partial charge is 0.0499 e. The third-order valence-electron chi connectivity index (χ3n) is 2.46. The number of thiophene rings is 1. The molecule has 82 valence electrons. The Morgan fingerprint density at radius 2 is 2.12 bits per heavy atom. The monoisotopic (exact) mass is 229 g/mol. The molecule has 0 radical (unpaired) electrons. The average Bonchev–Trinajstić information content (AvgIpc) is 2.77. The van der Waals surface area contributed by atoms with Gasteiger partial charge in [-0.3, -0.25) is 0 Å². The van der Waals surface area contributed by atoms with E-state index in [0.717, 1.165) is 31.4 Å². The summed E-state index contributed by atoms with van der Waals surface area (Å²) in [5.74, 6) is 6.47. The molecule has 16 heavy (non-hydrogen) atoms. The molecule has 0 unspecified atom stereocenters. The quantitative estimate of drug-likeness (QED) is 0.633. The summed E-state index contributed by atoms with van der Waals surface area (Å²) < 4.78 is 1.30.